The summed E-state index contributed by atoms with van der Waals surface area (Å²) in [6.45, 7) is 2.74. The van der Waals surface area contributed by atoms with Gasteiger partial charge in [-0.05, 0) is 37.8 Å². The molecule has 1 N–H and O–H groups in total. The molecule has 0 atom stereocenters. The third-order valence-electron chi connectivity index (χ3n) is 6.71. The number of ether oxygens (including phenoxy) is 1. The Labute approximate surface area is 171 Å². The quantitative estimate of drug-likeness (QED) is 0.538. The van der Waals surface area contributed by atoms with Gasteiger partial charge < -0.3 is 10.1 Å². The molecule has 154 valence electrons. The highest BCUT2D eigenvalue weighted by Gasteiger charge is 2.69. The van der Waals surface area contributed by atoms with Gasteiger partial charge in [0.05, 0.1) is 30.2 Å². The second kappa shape index (κ2) is 5.66. The zero-order chi connectivity index (χ0) is 20.7. The number of pyridine rings is 1. The van der Waals surface area contributed by atoms with Crippen molar-refractivity contribution in [2.45, 2.75) is 31.7 Å². The molecule has 4 heterocycles. The molecule has 3 aliphatic rings. The van der Waals surface area contributed by atoms with Crippen LogP contribution >= 0.6 is 0 Å². The maximum absolute atomic E-state index is 13.0. The average molecular weight is 406 g/mol. The Morgan fingerprint density at radius 1 is 1.27 bits per heavy atom. The smallest absolute Gasteiger partial charge is 0.330 e. The summed E-state index contributed by atoms with van der Waals surface area (Å²) in [6, 6.07) is 1.95. The first-order chi connectivity index (χ1) is 14.4. The van der Waals surface area contributed by atoms with E-state index in [1.165, 1.54) is 6.33 Å². The number of methoxy groups -OCH3 is 1. The van der Waals surface area contributed by atoms with E-state index < -0.39 is 0 Å². The molecule has 0 aromatic carbocycles. The van der Waals surface area contributed by atoms with E-state index in [4.69, 9.17) is 9.72 Å². The van der Waals surface area contributed by atoms with Gasteiger partial charge in [0.25, 0.3) is 0 Å². The molecule has 7 rings (SSSR count). The highest BCUT2D eigenvalue weighted by atomic mass is 16.5. The minimum atomic E-state index is -0.143. The average Bonchev–Trinajstić information content (AvgIpc) is 3.20. The van der Waals surface area contributed by atoms with Crippen LogP contribution in [-0.4, -0.2) is 47.4 Å². The predicted octanol–water partition coefficient (Wildman–Crippen LogP) is 1.75. The minimum absolute atomic E-state index is 0.0395. The predicted molar refractivity (Wildman–Crippen MR) is 110 cm³/mol. The van der Waals surface area contributed by atoms with E-state index in [0.717, 1.165) is 48.3 Å². The van der Waals surface area contributed by atoms with Gasteiger partial charge in [-0.25, -0.2) is 19.3 Å². The van der Waals surface area contributed by atoms with Crippen LogP contribution < -0.4 is 11.0 Å². The maximum atomic E-state index is 13.0. The van der Waals surface area contributed by atoms with Crippen LogP contribution in [-0.2, 0) is 17.3 Å². The molecule has 0 aliphatic heterocycles. The van der Waals surface area contributed by atoms with Crippen molar-refractivity contribution in [3.63, 3.8) is 0 Å². The highest BCUT2D eigenvalue weighted by Crippen LogP contribution is 2.71. The number of rotatable bonds is 5. The largest absolute Gasteiger partial charge is 0.384 e. The highest BCUT2D eigenvalue weighted by molar-refractivity contribution is 5.74. The van der Waals surface area contributed by atoms with Crippen molar-refractivity contribution in [3.8, 4) is 0 Å². The van der Waals surface area contributed by atoms with Crippen LogP contribution in [0, 0.1) is 12.3 Å². The number of aryl methyl sites for hydroxylation is 2. The Bertz CT molecular complexity index is 1360. The van der Waals surface area contributed by atoms with E-state index in [1.54, 1.807) is 29.4 Å². The van der Waals surface area contributed by atoms with E-state index >= 15 is 0 Å². The van der Waals surface area contributed by atoms with Crippen molar-refractivity contribution in [3.05, 3.63) is 40.8 Å². The Morgan fingerprint density at radius 2 is 2.07 bits per heavy atom. The lowest BCUT2D eigenvalue weighted by atomic mass is 9.39. The first-order valence-corrected chi connectivity index (χ1v) is 9.95. The third-order valence-corrected chi connectivity index (χ3v) is 6.71. The summed E-state index contributed by atoms with van der Waals surface area (Å²) in [4.78, 5) is 26.4. The topological polar surface area (TPSA) is 104 Å². The summed E-state index contributed by atoms with van der Waals surface area (Å²) in [5.41, 5.74) is 4.07. The van der Waals surface area contributed by atoms with Crippen LogP contribution in [0.5, 0.6) is 0 Å². The van der Waals surface area contributed by atoms with Crippen LogP contribution in [0.15, 0.2) is 29.6 Å². The molecular weight excluding hydrogens is 384 g/mol. The van der Waals surface area contributed by atoms with E-state index in [9.17, 15) is 4.79 Å². The molecule has 3 aliphatic carbocycles. The summed E-state index contributed by atoms with van der Waals surface area (Å²) >= 11 is 0. The first-order valence-electron chi connectivity index (χ1n) is 9.95. The maximum Gasteiger partial charge on any atom is 0.330 e. The molecule has 0 spiro atoms. The van der Waals surface area contributed by atoms with Gasteiger partial charge in [0.15, 0.2) is 11.3 Å². The second-order valence-electron chi connectivity index (χ2n) is 8.83. The zero-order valence-electron chi connectivity index (χ0n) is 17.1. The van der Waals surface area contributed by atoms with Gasteiger partial charge in [-0.1, -0.05) is 0 Å². The fourth-order valence-corrected chi connectivity index (χ4v) is 5.44. The van der Waals surface area contributed by atoms with Gasteiger partial charge in [-0.2, -0.15) is 10.1 Å². The second-order valence-corrected chi connectivity index (χ2v) is 8.83. The van der Waals surface area contributed by atoms with Gasteiger partial charge in [0, 0.05) is 19.6 Å². The fourth-order valence-electron chi connectivity index (χ4n) is 5.44. The van der Waals surface area contributed by atoms with Crippen LogP contribution in [0.4, 0.5) is 11.6 Å². The molecule has 2 bridgehead atoms. The summed E-state index contributed by atoms with van der Waals surface area (Å²) in [7, 11) is 3.51. The van der Waals surface area contributed by atoms with Gasteiger partial charge >= 0.3 is 5.69 Å². The molecule has 30 heavy (non-hydrogen) atoms. The van der Waals surface area contributed by atoms with E-state index in [-0.39, 0.29) is 16.6 Å². The lowest BCUT2D eigenvalue weighted by molar-refractivity contribution is -0.212. The molecule has 0 amide bonds. The third kappa shape index (κ3) is 2.19. The molecule has 4 aromatic rings. The van der Waals surface area contributed by atoms with Crippen molar-refractivity contribution in [2.24, 2.45) is 12.5 Å². The molecule has 3 fully saturated rings. The summed E-state index contributed by atoms with van der Waals surface area (Å²) < 4.78 is 10.6. The van der Waals surface area contributed by atoms with Crippen LogP contribution in [0.3, 0.4) is 0 Å². The number of nitrogens with one attached hydrogen (secondary N) is 1. The number of nitrogens with zero attached hydrogens (tertiary/aromatic N) is 7. The Balaban J connectivity index is 1.41. The number of hydrogen-bond donors (Lipinski definition) is 1. The van der Waals surface area contributed by atoms with Gasteiger partial charge in [-0.3, -0.25) is 9.13 Å². The molecule has 0 unspecified atom stereocenters. The van der Waals surface area contributed by atoms with Crippen molar-refractivity contribution >= 4 is 28.4 Å². The van der Waals surface area contributed by atoms with Crippen molar-refractivity contribution in [1.29, 1.82) is 0 Å². The Hall–Kier alpha value is -3.27. The monoisotopic (exact) mass is 406 g/mol. The zero-order valence-corrected chi connectivity index (χ0v) is 17.1. The standard InChI is InChI=1S/C20H22N8O2/c1-12-4-15-22-11-23-27(15)6-13(12)24-17-21-5-14-16(25-17)28(18(29)26(14)2)20-7-19(8-20,9-20)10-30-3/h4-6,11H,7-10H2,1-3H3,(H,21,24,25). The lowest BCUT2D eigenvalue weighted by Gasteiger charge is -2.70. The first kappa shape index (κ1) is 17.6. The molecule has 0 saturated heterocycles. The summed E-state index contributed by atoms with van der Waals surface area (Å²) in [5.74, 6) is 0.447. The Morgan fingerprint density at radius 3 is 2.83 bits per heavy atom. The van der Waals surface area contributed by atoms with Gasteiger partial charge in [0.2, 0.25) is 5.95 Å². The fraction of sp³-hybridized carbons (Fsp3) is 0.450. The van der Waals surface area contributed by atoms with Crippen LogP contribution in [0.25, 0.3) is 16.8 Å². The van der Waals surface area contributed by atoms with Crippen LogP contribution in [0.2, 0.25) is 0 Å². The molecule has 10 nitrogen and oxygen atoms in total. The molecule has 4 aromatic heterocycles. The summed E-state index contributed by atoms with van der Waals surface area (Å²) in [6.07, 6.45) is 7.97. The normalized spacial score (nSPS) is 24.8. The number of aromatic nitrogens is 7. The van der Waals surface area contributed by atoms with Crippen molar-refractivity contribution in [2.75, 3.05) is 19.0 Å². The molecular formula is C20H22N8O2. The van der Waals surface area contributed by atoms with E-state index in [1.807, 2.05) is 23.8 Å². The van der Waals surface area contributed by atoms with Crippen LogP contribution in [0.1, 0.15) is 24.8 Å². The number of hydrogen-bond acceptors (Lipinski definition) is 7. The number of imidazole rings is 1. The minimum Gasteiger partial charge on any atom is -0.384 e. The summed E-state index contributed by atoms with van der Waals surface area (Å²) in [5, 5.41) is 7.46. The lowest BCUT2D eigenvalue weighted by Crippen LogP contribution is -2.70. The molecule has 3 saturated carbocycles. The number of anilines is 2. The SMILES string of the molecule is COCC12CC(n3c(=O)n(C)c4cnc(Nc5cn6ncnc6cc5C)nc43)(C1)C2. The van der Waals surface area contributed by atoms with Gasteiger partial charge in [-0.15, -0.1) is 0 Å². The van der Waals surface area contributed by atoms with E-state index in [0.29, 0.717) is 11.6 Å². The van der Waals surface area contributed by atoms with Crippen molar-refractivity contribution < 1.29 is 4.74 Å². The Kier molecular flexibility index (Phi) is 3.32. The van der Waals surface area contributed by atoms with Gasteiger partial charge in [0.1, 0.15) is 11.8 Å². The van der Waals surface area contributed by atoms with E-state index in [2.05, 4.69) is 20.4 Å². The number of fused-ring (bicyclic) bond motifs is 2. The molecule has 0 radical (unpaired) electrons. The van der Waals surface area contributed by atoms with Crippen molar-refractivity contribution in [1.82, 2.24) is 33.7 Å². The molecule has 10 heteroatoms.